The number of benzene rings is 1. The second-order valence-electron chi connectivity index (χ2n) is 4.10. The Bertz CT molecular complexity index is 315. The number of ether oxygens (including phenoxy) is 1. The largest absolute Gasteiger partial charge is 0.382 e. The molecule has 0 aliphatic rings. The summed E-state index contributed by atoms with van der Waals surface area (Å²) in [5, 5.41) is 1.02. The molecule has 16 heavy (non-hydrogen) atoms. The summed E-state index contributed by atoms with van der Waals surface area (Å²) in [5.41, 5.74) is 1.37. The normalized spacial score (nSPS) is 14.8. The van der Waals surface area contributed by atoms with Crippen molar-refractivity contribution in [3.05, 3.63) is 34.3 Å². The van der Waals surface area contributed by atoms with Crippen LogP contribution in [0.3, 0.4) is 0 Å². The first-order valence-corrected chi connectivity index (χ1v) is 7.41. The molecule has 1 rings (SSSR count). The molecule has 2 unspecified atom stereocenters. The van der Waals surface area contributed by atoms with E-state index in [1.807, 2.05) is 0 Å². The van der Waals surface area contributed by atoms with Gasteiger partial charge in [-0.05, 0) is 37.3 Å². The van der Waals surface area contributed by atoms with Crippen molar-refractivity contribution in [2.45, 2.75) is 25.9 Å². The monoisotopic (exact) mass is 348 g/mol. The number of rotatable bonds is 6. The number of halogens is 2. The van der Waals surface area contributed by atoms with Gasteiger partial charge in [0.15, 0.2) is 0 Å². The van der Waals surface area contributed by atoms with Crippen molar-refractivity contribution in [1.29, 1.82) is 0 Å². The van der Waals surface area contributed by atoms with E-state index in [2.05, 4.69) is 63.0 Å². The Hall–Kier alpha value is 0.140. The molecule has 0 N–H and O–H groups in total. The number of hydrogen-bond donors (Lipinski definition) is 0. The van der Waals surface area contributed by atoms with Crippen LogP contribution in [0.5, 0.6) is 0 Å². The molecule has 1 nitrogen and oxygen atoms in total. The molecule has 0 saturated carbocycles. The molecule has 0 aliphatic heterocycles. The van der Waals surface area contributed by atoms with E-state index in [1.54, 1.807) is 7.11 Å². The lowest BCUT2D eigenvalue weighted by Gasteiger charge is -2.18. The molecule has 1 aromatic carbocycles. The first-order chi connectivity index (χ1) is 7.67. The van der Waals surface area contributed by atoms with Gasteiger partial charge in [0.25, 0.3) is 0 Å². The molecule has 0 heterocycles. The van der Waals surface area contributed by atoms with Gasteiger partial charge >= 0.3 is 0 Å². The van der Waals surface area contributed by atoms with E-state index in [0.717, 1.165) is 18.2 Å². The summed E-state index contributed by atoms with van der Waals surface area (Å²) >= 11 is 7.18. The van der Waals surface area contributed by atoms with Crippen LogP contribution in [0.15, 0.2) is 28.7 Å². The van der Waals surface area contributed by atoms with Crippen LogP contribution < -0.4 is 0 Å². The molecular weight excluding hydrogens is 332 g/mol. The van der Waals surface area contributed by atoms with Crippen molar-refractivity contribution in [3.8, 4) is 0 Å². The third kappa shape index (κ3) is 4.56. The minimum absolute atomic E-state index is 0.324. The van der Waals surface area contributed by atoms with E-state index in [0.29, 0.717) is 12.0 Å². The van der Waals surface area contributed by atoms with E-state index in [-0.39, 0.29) is 0 Å². The minimum Gasteiger partial charge on any atom is -0.382 e. The van der Waals surface area contributed by atoms with Gasteiger partial charge in [0.05, 0.1) is 6.10 Å². The number of methoxy groups -OCH3 is 1. The van der Waals surface area contributed by atoms with Crippen molar-refractivity contribution < 1.29 is 4.74 Å². The maximum atomic E-state index is 5.32. The Kier molecular flexibility index (Phi) is 6.62. The number of hydrogen-bond acceptors (Lipinski definition) is 1. The number of alkyl halides is 1. The summed E-state index contributed by atoms with van der Waals surface area (Å²) in [5.74, 6) is 0.619. The molecule has 2 atom stereocenters. The Morgan fingerprint density at radius 3 is 2.56 bits per heavy atom. The van der Waals surface area contributed by atoms with Crippen LogP contribution in [0.2, 0.25) is 0 Å². The van der Waals surface area contributed by atoms with Crippen LogP contribution in [0.4, 0.5) is 0 Å². The van der Waals surface area contributed by atoms with E-state index >= 15 is 0 Å². The predicted octanol–water partition coefficient (Wildman–Crippen LogP) is 4.43. The van der Waals surface area contributed by atoms with Crippen molar-refractivity contribution in [3.63, 3.8) is 0 Å². The van der Waals surface area contributed by atoms with E-state index < -0.39 is 0 Å². The van der Waals surface area contributed by atoms with Crippen LogP contribution in [0, 0.1) is 5.92 Å². The maximum Gasteiger partial charge on any atom is 0.0546 e. The zero-order chi connectivity index (χ0) is 12.0. The summed E-state index contributed by atoms with van der Waals surface area (Å²) in [4.78, 5) is 0. The smallest absolute Gasteiger partial charge is 0.0546 e. The molecule has 0 amide bonds. The first-order valence-electron chi connectivity index (χ1n) is 5.49. The summed E-state index contributed by atoms with van der Waals surface area (Å²) in [6, 6.07) is 8.41. The summed E-state index contributed by atoms with van der Waals surface area (Å²) in [6.45, 7) is 2.12. The fraction of sp³-hybridized carbons (Fsp3) is 0.538. The van der Waals surface area contributed by atoms with Crippen molar-refractivity contribution in [1.82, 2.24) is 0 Å². The standard InChI is InChI=1S/C13H18Br2O/c1-10(16-2)7-11(9-14)8-12-5-3-4-6-13(12)15/h3-6,10-11H,7-9H2,1-2H3. The van der Waals surface area contributed by atoms with Crippen molar-refractivity contribution >= 4 is 31.9 Å². The van der Waals surface area contributed by atoms with Gasteiger partial charge in [-0.3, -0.25) is 0 Å². The van der Waals surface area contributed by atoms with Gasteiger partial charge < -0.3 is 4.74 Å². The Balaban J connectivity index is 2.60. The highest BCUT2D eigenvalue weighted by molar-refractivity contribution is 9.10. The highest BCUT2D eigenvalue weighted by Gasteiger charge is 2.13. The Labute approximate surface area is 115 Å². The highest BCUT2D eigenvalue weighted by atomic mass is 79.9. The lowest BCUT2D eigenvalue weighted by Crippen LogP contribution is -2.16. The maximum absolute atomic E-state index is 5.32. The quantitative estimate of drug-likeness (QED) is 0.690. The van der Waals surface area contributed by atoms with Gasteiger partial charge in [-0.2, -0.15) is 0 Å². The van der Waals surface area contributed by atoms with Gasteiger partial charge in [-0.15, -0.1) is 0 Å². The van der Waals surface area contributed by atoms with Gasteiger partial charge in [0.1, 0.15) is 0 Å². The molecule has 0 bridgehead atoms. The zero-order valence-corrected chi connectivity index (χ0v) is 12.9. The minimum atomic E-state index is 0.324. The van der Waals surface area contributed by atoms with Crippen LogP contribution in [0.1, 0.15) is 18.9 Å². The molecule has 90 valence electrons. The van der Waals surface area contributed by atoms with E-state index in [9.17, 15) is 0 Å². The van der Waals surface area contributed by atoms with Gasteiger partial charge in [-0.1, -0.05) is 50.1 Å². The Morgan fingerprint density at radius 2 is 2.00 bits per heavy atom. The molecule has 0 radical (unpaired) electrons. The average Bonchev–Trinajstić information content (AvgIpc) is 2.30. The van der Waals surface area contributed by atoms with Crippen LogP contribution in [-0.4, -0.2) is 18.5 Å². The van der Waals surface area contributed by atoms with Gasteiger partial charge in [0, 0.05) is 16.9 Å². The molecule has 0 saturated heterocycles. The fourth-order valence-corrected chi connectivity index (χ4v) is 2.68. The third-order valence-corrected chi connectivity index (χ3v) is 4.44. The predicted molar refractivity (Wildman–Crippen MR) is 76.2 cm³/mol. The summed E-state index contributed by atoms with van der Waals surface area (Å²) in [7, 11) is 1.77. The fourth-order valence-electron chi connectivity index (χ4n) is 1.74. The first kappa shape index (κ1) is 14.2. The van der Waals surface area contributed by atoms with E-state index in [4.69, 9.17) is 4.74 Å². The highest BCUT2D eigenvalue weighted by Crippen LogP contribution is 2.23. The van der Waals surface area contributed by atoms with Crippen LogP contribution >= 0.6 is 31.9 Å². The molecule has 0 aliphatic carbocycles. The SMILES string of the molecule is COC(C)CC(CBr)Cc1ccccc1Br. The van der Waals surface area contributed by atoms with Gasteiger partial charge in [-0.25, -0.2) is 0 Å². The van der Waals surface area contributed by atoms with E-state index in [1.165, 1.54) is 10.0 Å². The van der Waals surface area contributed by atoms with Gasteiger partial charge in [0.2, 0.25) is 0 Å². The van der Waals surface area contributed by atoms with Crippen LogP contribution in [0.25, 0.3) is 0 Å². The molecule has 0 spiro atoms. The second kappa shape index (κ2) is 7.46. The molecule has 0 aromatic heterocycles. The summed E-state index contributed by atoms with van der Waals surface area (Å²) in [6.07, 6.45) is 2.49. The zero-order valence-electron chi connectivity index (χ0n) is 9.75. The van der Waals surface area contributed by atoms with Crippen molar-refractivity contribution in [2.24, 2.45) is 5.92 Å². The lowest BCUT2D eigenvalue weighted by atomic mass is 9.96. The third-order valence-electron chi connectivity index (χ3n) is 2.75. The second-order valence-corrected chi connectivity index (χ2v) is 5.60. The summed E-state index contributed by atoms with van der Waals surface area (Å²) < 4.78 is 6.52. The molecule has 1 aromatic rings. The van der Waals surface area contributed by atoms with Crippen molar-refractivity contribution in [2.75, 3.05) is 12.4 Å². The lowest BCUT2D eigenvalue weighted by molar-refractivity contribution is 0.0981. The molecular formula is C13H18Br2O. The molecule has 3 heteroatoms. The van der Waals surface area contributed by atoms with Crippen LogP contribution in [-0.2, 0) is 11.2 Å². The molecule has 0 fully saturated rings. The average molecular weight is 350 g/mol. The topological polar surface area (TPSA) is 9.23 Å². The Morgan fingerprint density at radius 1 is 1.31 bits per heavy atom.